The minimum absolute atomic E-state index is 0.00139. The van der Waals surface area contributed by atoms with Crippen LogP contribution in [0, 0.1) is 0 Å². The third-order valence-corrected chi connectivity index (χ3v) is 6.08. The van der Waals surface area contributed by atoms with Crippen LogP contribution in [0.4, 0.5) is 5.69 Å². The van der Waals surface area contributed by atoms with Gasteiger partial charge in [0.15, 0.2) is 0 Å². The smallest absolute Gasteiger partial charge is 0.327 e. The zero-order valence-electron chi connectivity index (χ0n) is 16.3. The molecular formula is C19H24N4O5S. The Morgan fingerprint density at radius 2 is 2.14 bits per heavy atom. The molecule has 1 aromatic carbocycles. The Morgan fingerprint density at radius 3 is 2.86 bits per heavy atom. The summed E-state index contributed by atoms with van der Waals surface area (Å²) < 4.78 is 35.1. The second kappa shape index (κ2) is 8.75. The van der Waals surface area contributed by atoms with Crippen LogP contribution in [0.2, 0.25) is 0 Å². The molecule has 0 bridgehead atoms. The number of hydrogen-bond acceptors (Lipinski definition) is 6. The van der Waals surface area contributed by atoms with Crippen molar-refractivity contribution in [1.29, 1.82) is 0 Å². The maximum Gasteiger partial charge on any atom is 0.327 e. The first kappa shape index (κ1) is 21.0. The van der Waals surface area contributed by atoms with Crippen LogP contribution >= 0.6 is 0 Å². The molecule has 0 saturated carbocycles. The predicted molar refractivity (Wildman–Crippen MR) is 106 cm³/mol. The van der Waals surface area contributed by atoms with E-state index in [0.29, 0.717) is 25.1 Å². The van der Waals surface area contributed by atoms with Gasteiger partial charge in [0, 0.05) is 23.9 Å². The second-order valence-corrected chi connectivity index (χ2v) is 8.50. The molecule has 156 valence electrons. The topological polar surface area (TPSA) is 119 Å². The van der Waals surface area contributed by atoms with Gasteiger partial charge in [-0.15, -0.1) is 0 Å². The Morgan fingerprint density at radius 1 is 1.34 bits per heavy atom. The van der Waals surface area contributed by atoms with E-state index in [1.54, 1.807) is 29.9 Å². The maximum absolute atomic E-state index is 12.9. The van der Waals surface area contributed by atoms with Crippen LogP contribution in [0.3, 0.4) is 0 Å². The minimum atomic E-state index is -3.81. The van der Waals surface area contributed by atoms with E-state index >= 15 is 0 Å². The molecule has 1 heterocycles. The zero-order chi connectivity index (χ0) is 21.0. The Balaban J connectivity index is 1.80. The molecule has 9 nitrogen and oxygen atoms in total. The molecule has 2 N–H and O–H groups in total. The highest BCUT2D eigenvalue weighted by Crippen LogP contribution is 2.31. The highest BCUT2D eigenvalue weighted by molar-refractivity contribution is 7.89. The lowest BCUT2D eigenvalue weighted by atomic mass is 9.94. The molecule has 3 rings (SSSR count). The second-order valence-electron chi connectivity index (χ2n) is 6.78. The SMILES string of the molecule is CCOC(=O)Cn1ncc2c1CCCC2NS(=O)(=O)c1cccc(NC(C)=O)c1. The normalized spacial score (nSPS) is 16.1. The third-order valence-electron chi connectivity index (χ3n) is 4.61. The first-order chi connectivity index (χ1) is 13.8. The lowest BCUT2D eigenvalue weighted by Crippen LogP contribution is -2.31. The number of hydrogen-bond donors (Lipinski definition) is 2. The predicted octanol–water partition coefficient (Wildman–Crippen LogP) is 1.76. The monoisotopic (exact) mass is 420 g/mol. The standard InChI is InChI=1S/C19H24N4O5S/c1-3-28-19(25)12-23-18-9-5-8-17(16(18)11-20-23)22-29(26,27)15-7-4-6-14(10-15)21-13(2)24/h4,6-7,10-11,17,22H,3,5,8-9,12H2,1-2H3,(H,21,24). The lowest BCUT2D eigenvalue weighted by Gasteiger charge is -2.24. The van der Waals surface area contributed by atoms with Gasteiger partial charge in [-0.05, 0) is 44.4 Å². The minimum Gasteiger partial charge on any atom is -0.465 e. The zero-order valence-corrected chi connectivity index (χ0v) is 17.2. The molecule has 1 unspecified atom stereocenters. The van der Waals surface area contributed by atoms with Crippen molar-refractivity contribution in [3.8, 4) is 0 Å². The largest absolute Gasteiger partial charge is 0.465 e. The Labute approximate surface area is 169 Å². The molecule has 0 aliphatic heterocycles. The van der Waals surface area contributed by atoms with Crippen molar-refractivity contribution in [1.82, 2.24) is 14.5 Å². The number of carbonyl (C=O) groups excluding carboxylic acids is 2. The number of sulfonamides is 1. The van der Waals surface area contributed by atoms with Crippen LogP contribution in [-0.4, -0.2) is 36.7 Å². The molecule has 1 amide bonds. The molecule has 0 saturated heterocycles. The van der Waals surface area contributed by atoms with Crippen molar-refractivity contribution in [3.63, 3.8) is 0 Å². The Bertz CT molecular complexity index is 1020. The van der Waals surface area contributed by atoms with Crippen LogP contribution in [0.25, 0.3) is 0 Å². The van der Waals surface area contributed by atoms with E-state index in [2.05, 4.69) is 15.1 Å². The first-order valence-corrected chi connectivity index (χ1v) is 10.9. The molecule has 2 aromatic rings. The van der Waals surface area contributed by atoms with E-state index in [9.17, 15) is 18.0 Å². The number of benzene rings is 1. The number of anilines is 1. The van der Waals surface area contributed by atoms with Gasteiger partial charge in [0.25, 0.3) is 0 Å². The van der Waals surface area contributed by atoms with Gasteiger partial charge in [-0.3, -0.25) is 14.3 Å². The van der Waals surface area contributed by atoms with Crippen LogP contribution in [-0.2, 0) is 37.3 Å². The summed E-state index contributed by atoms with van der Waals surface area (Å²) in [5, 5.41) is 6.83. The number of carbonyl (C=O) groups is 2. The number of esters is 1. The van der Waals surface area contributed by atoms with E-state index in [1.165, 1.54) is 19.1 Å². The van der Waals surface area contributed by atoms with Crippen LogP contribution in [0.15, 0.2) is 35.4 Å². The number of ether oxygens (including phenoxy) is 1. The van der Waals surface area contributed by atoms with E-state index in [1.807, 2.05) is 0 Å². The van der Waals surface area contributed by atoms with Crippen molar-refractivity contribution in [2.24, 2.45) is 0 Å². The van der Waals surface area contributed by atoms with Crippen molar-refractivity contribution < 1.29 is 22.7 Å². The van der Waals surface area contributed by atoms with Crippen molar-refractivity contribution in [2.45, 2.75) is 50.6 Å². The van der Waals surface area contributed by atoms with Gasteiger partial charge >= 0.3 is 5.97 Å². The summed E-state index contributed by atoms with van der Waals surface area (Å²) in [7, 11) is -3.81. The summed E-state index contributed by atoms with van der Waals surface area (Å²) in [5.41, 5.74) is 2.01. The van der Waals surface area contributed by atoms with Gasteiger partial charge in [-0.2, -0.15) is 5.10 Å². The van der Waals surface area contributed by atoms with Gasteiger partial charge in [0.05, 0.1) is 23.7 Å². The fourth-order valence-electron chi connectivity index (χ4n) is 3.41. The molecule has 10 heteroatoms. The van der Waals surface area contributed by atoms with Crippen LogP contribution in [0.5, 0.6) is 0 Å². The maximum atomic E-state index is 12.9. The molecule has 0 fully saturated rings. The van der Waals surface area contributed by atoms with Crippen LogP contribution in [0.1, 0.15) is 44.0 Å². The molecule has 0 spiro atoms. The van der Waals surface area contributed by atoms with Gasteiger partial charge in [-0.25, -0.2) is 13.1 Å². The number of aromatic nitrogens is 2. The molecular weight excluding hydrogens is 396 g/mol. The van der Waals surface area contributed by atoms with E-state index in [4.69, 9.17) is 4.74 Å². The van der Waals surface area contributed by atoms with E-state index in [0.717, 1.165) is 17.7 Å². The summed E-state index contributed by atoms with van der Waals surface area (Å²) in [6.07, 6.45) is 3.71. The molecule has 1 aliphatic carbocycles. The van der Waals surface area contributed by atoms with E-state index < -0.39 is 16.1 Å². The van der Waals surface area contributed by atoms with Gasteiger partial charge in [0.2, 0.25) is 15.9 Å². The highest BCUT2D eigenvalue weighted by atomic mass is 32.2. The lowest BCUT2D eigenvalue weighted by molar-refractivity contribution is -0.144. The summed E-state index contributed by atoms with van der Waals surface area (Å²) in [6.45, 7) is 3.39. The third kappa shape index (κ3) is 5.01. The number of amides is 1. The number of nitrogens with one attached hydrogen (secondary N) is 2. The van der Waals surface area contributed by atoms with Gasteiger partial charge < -0.3 is 10.1 Å². The van der Waals surface area contributed by atoms with Crippen molar-refractivity contribution in [2.75, 3.05) is 11.9 Å². The Kier molecular flexibility index (Phi) is 6.33. The van der Waals surface area contributed by atoms with Crippen molar-refractivity contribution in [3.05, 3.63) is 41.7 Å². The average molecular weight is 420 g/mol. The van der Waals surface area contributed by atoms with Crippen LogP contribution < -0.4 is 10.0 Å². The van der Waals surface area contributed by atoms with Gasteiger partial charge in [-0.1, -0.05) is 6.07 Å². The number of nitrogens with zero attached hydrogens (tertiary/aromatic N) is 2. The van der Waals surface area contributed by atoms with Crippen molar-refractivity contribution >= 4 is 27.6 Å². The molecule has 1 aromatic heterocycles. The van der Waals surface area contributed by atoms with E-state index in [-0.39, 0.29) is 23.3 Å². The summed E-state index contributed by atoms with van der Waals surface area (Å²) >= 11 is 0. The fraction of sp³-hybridized carbons (Fsp3) is 0.421. The first-order valence-electron chi connectivity index (χ1n) is 9.40. The summed E-state index contributed by atoms with van der Waals surface area (Å²) in [6, 6.07) is 5.64. The summed E-state index contributed by atoms with van der Waals surface area (Å²) in [5.74, 6) is -0.658. The quantitative estimate of drug-likeness (QED) is 0.659. The Hall–Kier alpha value is -2.72. The summed E-state index contributed by atoms with van der Waals surface area (Å²) in [4.78, 5) is 23.1. The van der Waals surface area contributed by atoms with Gasteiger partial charge in [0.1, 0.15) is 6.54 Å². The number of fused-ring (bicyclic) bond motifs is 1. The highest BCUT2D eigenvalue weighted by Gasteiger charge is 2.29. The molecule has 1 aliphatic rings. The molecule has 0 radical (unpaired) electrons. The molecule has 1 atom stereocenters. The average Bonchev–Trinajstić information content (AvgIpc) is 3.05. The molecule has 29 heavy (non-hydrogen) atoms. The fourth-order valence-corrected chi connectivity index (χ4v) is 4.70. The number of rotatable bonds is 7.